The number of rotatable bonds is 10. The van der Waals surface area contributed by atoms with E-state index in [1.165, 1.54) is 31.2 Å². The maximum atomic E-state index is 10.3. The van der Waals surface area contributed by atoms with Crippen LogP contribution in [0.4, 0.5) is 0 Å². The standard InChI is InChI=1S/C14H22N2O2/c17-14(18)9-7-5-3-1-2-4-6-8-13-10-11-15-16-12-13/h10-12H,1-9H2,(H,17,18). The maximum absolute atomic E-state index is 10.3. The van der Waals surface area contributed by atoms with Crippen LogP contribution in [-0.4, -0.2) is 21.3 Å². The fourth-order valence-electron chi connectivity index (χ4n) is 1.96. The molecule has 0 atom stereocenters. The van der Waals surface area contributed by atoms with Crippen molar-refractivity contribution in [3.8, 4) is 0 Å². The minimum absolute atomic E-state index is 0.315. The molecule has 0 radical (unpaired) electrons. The molecule has 4 heteroatoms. The molecular weight excluding hydrogens is 228 g/mol. The van der Waals surface area contributed by atoms with E-state index in [2.05, 4.69) is 10.2 Å². The summed E-state index contributed by atoms with van der Waals surface area (Å²) in [5.41, 5.74) is 1.26. The van der Waals surface area contributed by atoms with Crippen LogP contribution in [-0.2, 0) is 11.2 Å². The molecule has 0 spiro atoms. The van der Waals surface area contributed by atoms with Crippen LogP contribution in [0, 0.1) is 0 Å². The number of aromatic nitrogens is 2. The molecule has 0 aliphatic carbocycles. The summed E-state index contributed by atoms with van der Waals surface area (Å²) >= 11 is 0. The van der Waals surface area contributed by atoms with Crippen molar-refractivity contribution in [3.05, 3.63) is 24.0 Å². The average molecular weight is 250 g/mol. The van der Waals surface area contributed by atoms with Gasteiger partial charge < -0.3 is 5.11 Å². The number of nitrogens with zero attached hydrogens (tertiary/aromatic N) is 2. The molecule has 0 fully saturated rings. The van der Waals surface area contributed by atoms with Crippen molar-refractivity contribution >= 4 is 5.97 Å². The number of unbranched alkanes of at least 4 members (excludes halogenated alkanes) is 6. The van der Waals surface area contributed by atoms with Gasteiger partial charge in [-0.3, -0.25) is 4.79 Å². The third-order valence-corrected chi connectivity index (χ3v) is 3.00. The summed E-state index contributed by atoms with van der Waals surface area (Å²) in [6, 6.07) is 2.01. The molecule has 4 nitrogen and oxygen atoms in total. The first kappa shape index (κ1) is 14.6. The van der Waals surface area contributed by atoms with E-state index < -0.39 is 5.97 Å². The average Bonchev–Trinajstić information content (AvgIpc) is 2.37. The van der Waals surface area contributed by atoms with E-state index in [1.54, 1.807) is 6.20 Å². The minimum Gasteiger partial charge on any atom is -0.481 e. The zero-order chi connectivity index (χ0) is 13.1. The molecule has 0 aliphatic heterocycles. The molecule has 0 aromatic carbocycles. The van der Waals surface area contributed by atoms with Gasteiger partial charge in [0.2, 0.25) is 0 Å². The molecule has 1 rings (SSSR count). The van der Waals surface area contributed by atoms with Crippen LogP contribution < -0.4 is 0 Å². The zero-order valence-corrected chi connectivity index (χ0v) is 10.8. The topological polar surface area (TPSA) is 63.1 Å². The van der Waals surface area contributed by atoms with Gasteiger partial charge in [-0.2, -0.15) is 10.2 Å². The molecule has 1 aromatic heterocycles. The Balaban J connectivity index is 1.86. The Morgan fingerprint density at radius 2 is 1.67 bits per heavy atom. The van der Waals surface area contributed by atoms with Gasteiger partial charge >= 0.3 is 5.97 Å². The highest BCUT2D eigenvalue weighted by Gasteiger charge is 1.97. The third-order valence-electron chi connectivity index (χ3n) is 3.00. The maximum Gasteiger partial charge on any atom is 0.303 e. The summed E-state index contributed by atoms with van der Waals surface area (Å²) in [5, 5.41) is 16.1. The van der Waals surface area contributed by atoms with Gasteiger partial charge in [-0.1, -0.05) is 32.1 Å². The summed E-state index contributed by atoms with van der Waals surface area (Å²) in [5.74, 6) is -0.680. The number of carboxylic acid groups (broad SMARTS) is 1. The molecule has 1 N–H and O–H groups in total. The highest BCUT2D eigenvalue weighted by molar-refractivity contribution is 5.66. The number of aliphatic carboxylic acids is 1. The van der Waals surface area contributed by atoms with Crippen LogP contribution in [0.3, 0.4) is 0 Å². The summed E-state index contributed by atoms with van der Waals surface area (Å²) in [6.45, 7) is 0. The lowest BCUT2D eigenvalue weighted by atomic mass is 10.1. The predicted molar refractivity (Wildman–Crippen MR) is 70.3 cm³/mol. The summed E-state index contributed by atoms with van der Waals surface area (Å²) < 4.78 is 0. The van der Waals surface area contributed by atoms with E-state index in [0.717, 1.165) is 25.7 Å². The van der Waals surface area contributed by atoms with E-state index in [-0.39, 0.29) is 0 Å². The Kier molecular flexibility index (Phi) is 7.77. The molecule has 0 saturated carbocycles. The molecule has 1 aromatic rings. The van der Waals surface area contributed by atoms with Gasteiger partial charge in [0.15, 0.2) is 0 Å². The van der Waals surface area contributed by atoms with Crippen LogP contribution in [0.5, 0.6) is 0 Å². The van der Waals surface area contributed by atoms with Crippen LogP contribution in [0.25, 0.3) is 0 Å². The molecule has 0 amide bonds. The molecule has 18 heavy (non-hydrogen) atoms. The van der Waals surface area contributed by atoms with Crippen LogP contribution >= 0.6 is 0 Å². The first-order valence-electron chi connectivity index (χ1n) is 6.76. The van der Waals surface area contributed by atoms with Crippen LogP contribution in [0.2, 0.25) is 0 Å². The van der Waals surface area contributed by atoms with E-state index >= 15 is 0 Å². The second kappa shape index (κ2) is 9.57. The molecule has 0 aliphatic rings. The summed E-state index contributed by atoms with van der Waals surface area (Å²) in [7, 11) is 0. The fraction of sp³-hybridized carbons (Fsp3) is 0.643. The van der Waals surface area contributed by atoms with Gasteiger partial charge in [0.1, 0.15) is 0 Å². The van der Waals surface area contributed by atoms with Crippen LogP contribution in [0.1, 0.15) is 56.9 Å². The van der Waals surface area contributed by atoms with Crippen molar-refractivity contribution < 1.29 is 9.90 Å². The molecule has 1 heterocycles. The SMILES string of the molecule is O=C(O)CCCCCCCCCc1ccnnc1. The Labute approximate surface area is 108 Å². The third kappa shape index (κ3) is 7.76. The van der Waals surface area contributed by atoms with Crippen LogP contribution in [0.15, 0.2) is 18.5 Å². The smallest absolute Gasteiger partial charge is 0.303 e. The van der Waals surface area contributed by atoms with Crippen molar-refractivity contribution in [2.24, 2.45) is 0 Å². The number of hydrogen-bond acceptors (Lipinski definition) is 3. The normalized spacial score (nSPS) is 10.4. The Morgan fingerprint density at radius 1 is 1.00 bits per heavy atom. The van der Waals surface area contributed by atoms with E-state index in [9.17, 15) is 4.79 Å². The molecule has 100 valence electrons. The quantitative estimate of drug-likeness (QED) is 0.647. The Bertz CT molecular complexity index is 328. The highest BCUT2D eigenvalue weighted by Crippen LogP contribution is 2.10. The monoisotopic (exact) mass is 250 g/mol. The van der Waals surface area contributed by atoms with Gasteiger partial charge in [-0.25, -0.2) is 0 Å². The van der Waals surface area contributed by atoms with Crippen molar-refractivity contribution in [2.75, 3.05) is 0 Å². The Morgan fingerprint density at radius 3 is 2.28 bits per heavy atom. The number of carbonyl (C=O) groups is 1. The highest BCUT2D eigenvalue weighted by atomic mass is 16.4. The van der Waals surface area contributed by atoms with E-state index in [0.29, 0.717) is 6.42 Å². The van der Waals surface area contributed by atoms with Gasteiger partial charge in [0.25, 0.3) is 0 Å². The minimum atomic E-state index is -0.680. The zero-order valence-electron chi connectivity index (χ0n) is 10.8. The van der Waals surface area contributed by atoms with Gasteiger partial charge in [-0.05, 0) is 30.9 Å². The summed E-state index contributed by atoms with van der Waals surface area (Å²) in [6.07, 6.45) is 12.9. The lowest BCUT2D eigenvalue weighted by Gasteiger charge is -2.01. The lowest BCUT2D eigenvalue weighted by Crippen LogP contribution is -1.93. The molecular formula is C14H22N2O2. The number of aryl methyl sites for hydroxylation is 1. The van der Waals surface area contributed by atoms with Gasteiger partial charge in [0, 0.05) is 12.6 Å². The molecule has 0 bridgehead atoms. The summed E-state index contributed by atoms with van der Waals surface area (Å²) in [4.78, 5) is 10.3. The number of carboxylic acids is 1. The molecule has 0 unspecified atom stereocenters. The predicted octanol–water partition coefficient (Wildman–Crippen LogP) is 3.22. The van der Waals surface area contributed by atoms with Gasteiger partial charge in [0.05, 0.1) is 6.20 Å². The van der Waals surface area contributed by atoms with Crippen molar-refractivity contribution in [1.82, 2.24) is 10.2 Å². The van der Waals surface area contributed by atoms with Crippen molar-refractivity contribution in [3.63, 3.8) is 0 Å². The Hall–Kier alpha value is -1.45. The second-order valence-corrected chi connectivity index (χ2v) is 4.62. The first-order valence-corrected chi connectivity index (χ1v) is 6.76. The lowest BCUT2D eigenvalue weighted by molar-refractivity contribution is -0.137. The fourth-order valence-corrected chi connectivity index (χ4v) is 1.96. The second-order valence-electron chi connectivity index (χ2n) is 4.62. The van der Waals surface area contributed by atoms with Crippen molar-refractivity contribution in [1.29, 1.82) is 0 Å². The van der Waals surface area contributed by atoms with E-state index in [4.69, 9.17) is 5.11 Å². The number of hydrogen-bond donors (Lipinski definition) is 1. The first-order chi connectivity index (χ1) is 8.79. The van der Waals surface area contributed by atoms with Crippen molar-refractivity contribution in [2.45, 2.75) is 57.8 Å². The molecule has 0 saturated heterocycles. The van der Waals surface area contributed by atoms with Gasteiger partial charge in [-0.15, -0.1) is 0 Å². The largest absolute Gasteiger partial charge is 0.481 e. The van der Waals surface area contributed by atoms with E-state index in [1.807, 2.05) is 12.3 Å².